The summed E-state index contributed by atoms with van der Waals surface area (Å²) >= 11 is 12.1. The first-order valence-electron chi connectivity index (χ1n) is 11.4. The van der Waals surface area contributed by atoms with Crippen LogP contribution in [-0.2, 0) is 22.2 Å². The van der Waals surface area contributed by atoms with Gasteiger partial charge in [0.15, 0.2) is 0 Å². The Bertz CT molecular complexity index is 1780. The highest BCUT2D eigenvalue weighted by molar-refractivity contribution is 7.92. The second kappa shape index (κ2) is 10.2. The highest BCUT2D eigenvalue weighted by atomic mass is 35.5. The third-order valence-corrected chi connectivity index (χ3v) is 8.73. The summed E-state index contributed by atoms with van der Waals surface area (Å²) in [4.78, 5) is 3.69. The number of halogens is 4. The molecule has 0 aliphatic carbocycles. The molecule has 2 aromatic heterocycles. The van der Waals surface area contributed by atoms with E-state index >= 15 is 0 Å². The largest absolute Gasteiger partial charge is 0.381 e. The van der Waals surface area contributed by atoms with E-state index in [9.17, 15) is 22.3 Å². The van der Waals surface area contributed by atoms with Gasteiger partial charge in [-0.25, -0.2) is 26.9 Å². The van der Waals surface area contributed by atoms with Crippen molar-refractivity contribution in [3.8, 4) is 0 Å². The van der Waals surface area contributed by atoms with Gasteiger partial charge in [-0.2, -0.15) is 10.2 Å². The normalized spacial score (nSPS) is 14.3. The Morgan fingerprint density at radius 3 is 2.62 bits per heavy atom. The van der Waals surface area contributed by atoms with E-state index in [2.05, 4.69) is 19.9 Å². The van der Waals surface area contributed by atoms with Gasteiger partial charge in [0.2, 0.25) is 0 Å². The maximum atomic E-state index is 14.9. The van der Waals surface area contributed by atoms with Gasteiger partial charge in [0.25, 0.3) is 10.0 Å². The molecular formula is C25H20Cl2F2N6O3S. The van der Waals surface area contributed by atoms with Gasteiger partial charge >= 0.3 is 0 Å². The van der Waals surface area contributed by atoms with Crippen LogP contribution in [0.1, 0.15) is 18.5 Å². The van der Waals surface area contributed by atoms with E-state index in [0.29, 0.717) is 17.0 Å². The molecule has 0 amide bonds. The Kier molecular flexibility index (Phi) is 7.06. The molecule has 2 heterocycles. The third-order valence-electron chi connectivity index (χ3n) is 6.38. The van der Waals surface area contributed by atoms with Crippen molar-refractivity contribution in [2.24, 2.45) is 0 Å². The first-order chi connectivity index (χ1) is 18.5. The molecule has 202 valence electrons. The van der Waals surface area contributed by atoms with Gasteiger partial charge in [-0.3, -0.25) is 9.40 Å². The molecule has 2 N–H and O–H groups in total. The summed E-state index contributed by atoms with van der Waals surface area (Å²) in [6.45, 7) is 1.42. The minimum Gasteiger partial charge on any atom is -0.381 e. The maximum absolute atomic E-state index is 14.9. The van der Waals surface area contributed by atoms with Crippen molar-refractivity contribution in [2.75, 3.05) is 4.72 Å². The Morgan fingerprint density at radius 1 is 1.10 bits per heavy atom. The van der Waals surface area contributed by atoms with Crippen LogP contribution in [0, 0.1) is 11.6 Å². The average molecular weight is 593 g/mol. The Morgan fingerprint density at radius 2 is 1.90 bits per heavy atom. The molecule has 0 spiro atoms. The topological polar surface area (TPSA) is 115 Å². The van der Waals surface area contributed by atoms with Gasteiger partial charge in [-0.05, 0) is 43.3 Å². The van der Waals surface area contributed by atoms with Gasteiger partial charge in [0, 0.05) is 22.7 Å². The lowest BCUT2D eigenvalue weighted by atomic mass is 9.86. The Labute approximate surface area is 231 Å². The lowest BCUT2D eigenvalue weighted by Crippen LogP contribution is -2.41. The van der Waals surface area contributed by atoms with Crippen molar-refractivity contribution < 1.29 is 22.3 Å². The molecule has 0 saturated carbocycles. The molecule has 14 heteroatoms. The summed E-state index contributed by atoms with van der Waals surface area (Å²) in [6.07, 6.45) is 4.12. The second-order valence-electron chi connectivity index (χ2n) is 8.84. The molecule has 9 nitrogen and oxygen atoms in total. The van der Waals surface area contributed by atoms with E-state index in [0.717, 1.165) is 6.07 Å². The van der Waals surface area contributed by atoms with Crippen molar-refractivity contribution in [3.05, 3.63) is 101 Å². The van der Waals surface area contributed by atoms with Crippen LogP contribution in [0.25, 0.3) is 10.9 Å². The number of hydrogen-bond donors (Lipinski definition) is 2. The number of hydrogen-bond acceptors (Lipinski definition) is 6. The van der Waals surface area contributed by atoms with Gasteiger partial charge in [0.1, 0.15) is 34.8 Å². The minimum atomic E-state index is -4.06. The highest BCUT2D eigenvalue weighted by Crippen LogP contribution is 2.38. The monoisotopic (exact) mass is 592 g/mol. The summed E-state index contributed by atoms with van der Waals surface area (Å²) in [5, 5.41) is 20.8. The number of benzene rings is 3. The summed E-state index contributed by atoms with van der Waals surface area (Å²) in [5.41, 5.74) is -1.34. The molecule has 3 aromatic carbocycles. The highest BCUT2D eigenvalue weighted by Gasteiger charge is 2.41. The van der Waals surface area contributed by atoms with E-state index in [-0.39, 0.29) is 32.7 Å². The molecule has 0 bridgehead atoms. The number of nitrogens with zero attached hydrogens (tertiary/aromatic N) is 5. The first kappa shape index (κ1) is 27.0. The number of rotatable bonds is 8. The SMILES string of the molecule is CC(n1ncc2cc(NS(=O)(=O)c3cccc(Cl)c3Cl)ccc21)C(O)(Cn1cncn1)c1ccc(F)cc1F. The van der Waals surface area contributed by atoms with Crippen LogP contribution in [0.4, 0.5) is 14.5 Å². The van der Waals surface area contributed by atoms with E-state index in [1.807, 2.05) is 0 Å². The fourth-order valence-electron chi connectivity index (χ4n) is 4.37. The van der Waals surface area contributed by atoms with Crippen LogP contribution < -0.4 is 4.72 Å². The number of aromatic nitrogens is 5. The number of fused-ring (bicyclic) bond motifs is 1. The molecular weight excluding hydrogens is 573 g/mol. The summed E-state index contributed by atoms with van der Waals surface area (Å²) in [6, 6.07) is 11.0. The predicted molar refractivity (Wildman–Crippen MR) is 142 cm³/mol. The summed E-state index contributed by atoms with van der Waals surface area (Å²) in [7, 11) is -4.06. The molecule has 2 unspecified atom stereocenters. The summed E-state index contributed by atoms with van der Waals surface area (Å²) < 4.78 is 59.8. The fraction of sp³-hybridized carbons (Fsp3) is 0.160. The van der Waals surface area contributed by atoms with E-state index in [4.69, 9.17) is 23.2 Å². The van der Waals surface area contributed by atoms with Gasteiger partial charge < -0.3 is 5.11 Å². The Balaban J connectivity index is 1.52. The zero-order valence-electron chi connectivity index (χ0n) is 20.1. The third kappa shape index (κ3) is 5.08. The predicted octanol–water partition coefficient (Wildman–Crippen LogP) is 5.16. The number of aliphatic hydroxyl groups is 1. The molecule has 0 aliphatic rings. The molecule has 5 rings (SSSR count). The van der Waals surface area contributed by atoms with Crippen molar-refractivity contribution in [3.63, 3.8) is 0 Å². The molecule has 2 atom stereocenters. The molecule has 39 heavy (non-hydrogen) atoms. The second-order valence-corrected chi connectivity index (χ2v) is 11.3. The lowest BCUT2D eigenvalue weighted by molar-refractivity contribution is -0.0354. The maximum Gasteiger partial charge on any atom is 0.263 e. The van der Waals surface area contributed by atoms with Crippen LogP contribution in [0.5, 0.6) is 0 Å². The van der Waals surface area contributed by atoms with Crippen LogP contribution in [0.3, 0.4) is 0 Å². The molecule has 0 fully saturated rings. The molecule has 5 aromatic rings. The molecule has 0 saturated heterocycles. The van der Waals surface area contributed by atoms with E-state index < -0.39 is 33.3 Å². The average Bonchev–Trinajstić information content (AvgIpc) is 3.54. The van der Waals surface area contributed by atoms with Crippen LogP contribution in [0.2, 0.25) is 10.0 Å². The quantitative estimate of drug-likeness (QED) is 0.257. The van der Waals surface area contributed by atoms with Crippen LogP contribution in [-0.4, -0.2) is 38.1 Å². The van der Waals surface area contributed by atoms with E-state index in [1.165, 1.54) is 58.5 Å². The first-order valence-corrected chi connectivity index (χ1v) is 13.7. The van der Waals surface area contributed by atoms with Crippen molar-refractivity contribution in [1.82, 2.24) is 24.5 Å². The van der Waals surface area contributed by atoms with Gasteiger partial charge in [-0.1, -0.05) is 35.3 Å². The van der Waals surface area contributed by atoms with Crippen LogP contribution >= 0.6 is 23.2 Å². The summed E-state index contributed by atoms with van der Waals surface area (Å²) in [5.74, 6) is -1.72. The molecule has 0 aliphatic heterocycles. The molecule has 0 radical (unpaired) electrons. The standard InChI is InChI=1S/C25H20Cl2F2N6O3S/c1-15(25(36,12-34-14-30-13-32-34)19-7-5-17(28)10-21(19)29)35-22-8-6-18(9-16(22)11-31-35)33-39(37,38)23-4-2-3-20(26)24(23)27/h2-11,13-15,33,36H,12H2,1H3. The number of nitrogens with one attached hydrogen (secondary N) is 1. The fourth-order valence-corrected chi connectivity index (χ4v) is 6.19. The number of anilines is 1. The zero-order valence-corrected chi connectivity index (χ0v) is 22.5. The van der Waals surface area contributed by atoms with Crippen molar-refractivity contribution in [2.45, 2.75) is 30.0 Å². The minimum absolute atomic E-state index is 0.0984. The van der Waals surface area contributed by atoms with Gasteiger partial charge in [0.05, 0.1) is 34.3 Å². The van der Waals surface area contributed by atoms with Crippen LogP contribution in [0.15, 0.2) is 78.3 Å². The van der Waals surface area contributed by atoms with E-state index in [1.54, 1.807) is 19.1 Å². The zero-order chi connectivity index (χ0) is 27.9. The van der Waals surface area contributed by atoms with Crippen molar-refractivity contribution in [1.29, 1.82) is 0 Å². The van der Waals surface area contributed by atoms with Crippen molar-refractivity contribution >= 4 is 49.8 Å². The lowest BCUT2D eigenvalue weighted by Gasteiger charge is -2.35. The van der Waals surface area contributed by atoms with Gasteiger partial charge in [-0.15, -0.1) is 0 Å². The smallest absolute Gasteiger partial charge is 0.263 e. The Hall–Kier alpha value is -3.58. The number of sulfonamides is 1.